The van der Waals surface area contributed by atoms with Crippen molar-refractivity contribution in [3.63, 3.8) is 0 Å². The fraction of sp³-hybridized carbons (Fsp3) is 0.364. The molecule has 2 rings (SSSR count). The second kappa shape index (κ2) is 4.85. The summed E-state index contributed by atoms with van der Waals surface area (Å²) >= 11 is 0. The van der Waals surface area contributed by atoms with E-state index in [0.717, 1.165) is 13.1 Å². The molecule has 1 heterocycles. The van der Waals surface area contributed by atoms with E-state index in [9.17, 15) is 5.11 Å². The summed E-state index contributed by atoms with van der Waals surface area (Å²) in [5.41, 5.74) is 0.587. The van der Waals surface area contributed by atoms with Crippen LogP contribution in [-0.2, 0) is 4.74 Å². The number of morpholine rings is 1. The zero-order chi connectivity index (χ0) is 11.4. The number of phenols is 2. The molecule has 1 aliphatic heterocycles. The topological polar surface area (TPSA) is 65.3 Å². The van der Waals surface area contributed by atoms with Crippen LogP contribution in [0, 0.1) is 0 Å². The number of aromatic hydroxyl groups is 2. The van der Waals surface area contributed by atoms with Crippen LogP contribution >= 0.6 is 0 Å². The second-order valence-electron chi connectivity index (χ2n) is 3.55. The number of nitrogens with zero attached hydrogens (tertiary/aromatic N) is 2. The van der Waals surface area contributed by atoms with Gasteiger partial charge in [0.2, 0.25) is 0 Å². The molecule has 1 aromatic carbocycles. The van der Waals surface area contributed by atoms with Gasteiger partial charge < -0.3 is 14.9 Å². The lowest BCUT2D eigenvalue weighted by atomic mass is 10.2. The lowest BCUT2D eigenvalue weighted by molar-refractivity contribution is 0.0397. The fourth-order valence-corrected chi connectivity index (χ4v) is 1.45. The molecule has 1 fully saturated rings. The first-order valence-corrected chi connectivity index (χ1v) is 5.14. The van der Waals surface area contributed by atoms with Gasteiger partial charge in [-0.15, -0.1) is 0 Å². The average Bonchev–Trinajstić information content (AvgIpc) is 2.29. The molecule has 0 spiro atoms. The van der Waals surface area contributed by atoms with Gasteiger partial charge in [-0.1, -0.05) is 0 Å². The Labute approximate surface area is 93.6 Å². The van der Waals surface area contributed by atoms with E-state index in [0.29, 0.717) is 18.8 Å². The van der Waals surface area contributed by atoms with Crippen LogP contribution in [0.15, 0.2) is 23.3 Å². The molecule has 0 atom stereocenters. The van der Waals surface area contributed by atoms with Crippen LogP contribution in [0.4, 0.5) is 0 Å². The Morgan fingerprint density at radius 2 is 2.00 bits per heavy atom. The summed E-state index contributed by atoms with van der Waals surface area (Å²) in [5, 5.41) is 24.8. The van der Waals surface area contributed by atoms with Crippen molar-refractivity contribution in [1.29, 1.82) is 0 Å². The SMILES string of the molecule is Oc1ccc(/C=N\N2CCOCC2)c(O)c1. The van der Waals surface area contributed by atoms with Gasteiger partial charge in [-0.3, -0.25) is 5.01 Å². The molecule has 0 radical (unpaired) electrons. The fourth-order valence-electron chi connectivity index (χ4n) is 1.45. The van der Waals surface area contributed by atoms with E-state index in [1.807, 2.05) is 5.01 Å². The molecular formula is C11H14N2O3. The van der Waals surface area contributed by atoms with E-state index < -0.39 is 0 Å². The molecule has 0 aliphatic carbocycles. The molecule has 1 aromatic rings. The third kappa shape index (κ3) is 2.64. The van der Waals surface area contributed by atoms with Crippen LogP contribution < -0.4 is 0 Å². The molecule has 0 amide bonds. The summed E-state index contributed by atoms with van der Waals surface area (Å²) in [4.78, 5) is 0. The third-order valence-electron chi connectivity index (χ3n) is 2.36. The number of benzene rings is 1. The van der Waals surface area contributed by atoms with Gasteiger partial charge in [0.25, 0.3) is 0 Å². The van der Waals surface area contributed by atoms with Crippen molar-refractivity contribution < 1.29 is 14.9 Å². The van der Waals surface area contributed by atoms with E-state index in [2.05, 4.69) is 5.10 Å². The highest BCUT2D eigenvalue weighted by molar-refractivity contribution is 5.83. The Hall–Kier alpha value is -1.75. The quantitative estimate of drug-likeness (QED) is 0.725. The van der Waals surface area contributed by atoms with Gasteiger partial charge >= 0.3 is 0 Å². The lowest BCUT2D eigenvalue weighted by Gasteiger charge is -2.23. The Morgan fingerprint density at radius 1 is 1.25 bits per heavy atom. The van der Waals surface area contributed by atoms with Crippen molar-refractivity contribution >= 4 is 6.21 Å². The molecule has 2 N–H and O–H groups in total. The second-order valence-corrected chi connectivity index (χ2v) is 3.55. The third-order valence-corrected chi connectivity index (χ3v) is 2.36. The summed E-state index contributed by atoms with van der Waals surface area (Å²) in [6.07, 6.45) is 1.58. The largest absolute Gasteiger partial charge is 0.508 e. The summed E-state index contributed by atoms with van der Waals surface area (Å²) in [6, 6.07) is 4.43. The summed E-state index contributed by atoms with van der Waals surface area (Å²) < 4.78 is 5.19. The van der Waals surface area contributed by atoms with Gasteiger partial charge in [0.15, 0.2) is 0 Å². The number of hydrogen-bond donors (Lipinski definition) is 2. The van der Waals surface area contributed by atoms with Crippen molar-refractivity contribution in [1.82, 2.24) is 5.01 Å². The summed E-state index contributed by atoms with van der Waals surface area (Å²) in [6.45, 7) is 2.88. The molecule has 1 aliphatic rings. The smallest absolute Gasteiger partial charge is 0.128 e. The maximum absolute atomic E-state index is 9.53. The van der Waals surface area contributed by atoms with E-state index in [-0.39, 0.29) is 11.5 Å². The first kappa shape index (κ1) is 10.8. The van der Waals surface area contributed by atoms with Crippen molar-refractivity contribution in [2.75, 3.05) is 26.3 Å². The van der Waals surface area contributed by atoms with Crippen molar-refractivity contribution in [2.45, 2.75) is 0 Å². The Bertz CT molecular complexity index is 387. The van der Waals surface area contributed by atoms with Gasteiger partial charge in [0.05, 0.1) is 32.5 Å². The van der Waals surface area contributed by atoms with Gasteiger partial charge in [-0.25, -0.2) is 0 Å². The maximum atomic E-state index is 9.53. The standard InChI is InChI=1S/C11H14N2O3/c14-10-2-1-9(11(15)7-10)8-12-13-3-5-16-6-4-13/h1-2,7-8,14-15H,3-6H2/b12-8-. The van der Waals surface area contributed by atoms with E-state index in [4.69, 9.17) is 9.84 Å². The van der Waals surface area contributed by atoms with Crippen molar-refractivity contribution in [3.8, 4) is 11.5 Å². The zero-order valence-corrected chi connectivity index (χ0v) is 8.83. The zero-order valence-electron chi connectivity index (χ0n) is 8.83. The number of hydrogen-bond acceptors (Lipinski definition) is 5. The van der Waals surface area contributed by atoms with Crippen molar-refractivity contribution in [3.05, 3.63) is 23.8 Å². The minimum absolute atomic E-state index is 0.0250. The van der Waals surface area contributed by atoms with E-state index in [1.165, 1.54) is 12.1 Å². The molecule has 16 heavy (non-hydrogen) atoms. The summed E-state index contributed by atoms with van der Waals surface area (Å²) in [7, 11) is 0. The monoisotopic (exact) mass is 222 g/mol. The number of rotatable bonds is 2. The van der Waals surface area contributed by atoms with Crippen LogP contribution in [0.3, 0.4) is 0 Å². The van der Waals surface area contributed by atoms with E-state index in [1.54, 1.807) is 12.3 Å². The molecule has 5 heteroatoms. The molecule has 5 nitrogen and oxygen atoms in total. The molecule has 0 saturated carbocycles. The van der Waals surface area contributed by atoms with Crippen LogP contribution in [0.1, 0.15) is 5.56 Å². The summed E-state index contributed by atoms with van der Waals surface area (Å²) in [5.74, 6) is 0.0676. The first-order valence-electron chi connectivity index (χ1n) is 5.14. The Morgan fingerprint density at radius 3 is 2.69 bits per heavy atom. The lowest BCUT2D eigenvalue weighted by Crippen LogP contribution is -2.32. The maximum Gasteiger partial charge on any atom is 0.128 e. The van der Waals surface area contributed by atoms with Crippen LogP contribution in [0.5, 0.6) is 11.5 Å². The molecule has 86 valence electrons. The normalized spacial score (nSPS) is 16.9. The molecule has 1 saturated heterocycles. The first-order chi connectivity index (χ1) is 7.75. The molecule has 0 unspecified atom stereocenters. The van der Waals surface area contributed by atoms with Crippen LogP contribution in [0.2, 0.25) is 0 Å². The van der Waals surface area contributed by atoms with Gasteiger partial charge in [0, 0.05) is 11.6 Å². The highest BCUT2D eigenvalue weighted by atomic mass is 16.5. The molecule has 0 aromatic heterocycles. The minimum atomic E-state index is 0.0250. The van der Waals surface area contributed by atoms with Crippen molar-refractivity contribution in [2.24, 2.45) is 5.10 Å². The number of ether oxygens (including phenoxy) is 1. The molecule has 0 bridgehead atoms. The number of hydrazone groups is 1. The Kier molecular flexibility index (Phi) is 3.26. The minimum Gasteiger partial charge on any atom is -0.508 e. The van der Waals surface area contributed by atoms with E-state index >= 15 is 0 Å². The number of phenolic OH excluding ortho intramolecular Hbond substituents is 2. The highest BCUT2D eigenvalue weighted by Crippen LogP contribution is 2.20. The highest BCUT2D eigenvalue weighted by Gasteiger charge is 2.06. The van der Waals surface area contributed by atoms with Gasteiger partial charge in [-0.05, 0) is 12.1 Å². The Balaban J connectivity index is 2.04. The average molecular weight is 222 g/mol. The predicted molar refractivity (Wildman–Crippen MR) is 59.8 cm³/mol. The van der Waals surface area contributed by atoms with Crippen LogP contribution in [-0.4, -0.2) is 47.7 Å². The predicted octanol–water partition coefficient (Wildman–Crippen LogP) is 0.764. The van der Waals surface area contributed by atoms with Gasteiger partial charge in [-0.2, -0.15) is 5.10 Å². The molecular weight excluding hydrogens is 208 g/mol. The van der Waals surface area contributed by atoms with Crippen LogP contribution in [0.25, 0.3) is 0 Å². The van der Waals surface area contributed by atoms with Gasteiger partial charge in [0.1, 0.15) is 11.5 Å².